The van der Waals surface area contributed by atoms with E-state index in [1.807, 2.05) is 36.4 Å². The summed E-state index contributed by atoms with van der Waals surface area (Å²) in [6, 6.07) is 11.3. The van der Waals surface area contributed by atoms with Gasteiger partial charge in [-0.2, -0.15) is 0 Å². The van der Waals surface area contributed by atoms with Crippen molar-refractivity contribution < 1.29 is 4.42 Å². The Labute approximate surface area is 108 Å². The third-order valence-corrected chi connectivity index (χ3v) is 3.01. The van der Waals surface area contributed by atoms with Crippen LogP contribution in [-0.2, 0) is 6.42 Å². The van der Waals surface area contributed by atoms with Gasteiger partial charge >= 0.3 is 0 Å². The number of furan rings is 1. The number of hydrogen-bond donors (Lipinski definition) is 1. The summed E-state index contributed by atoms with van der Waals surface area (Å²) in [5.41, 5.74) is 7.17. The molecule has 1 heterocycles. The largest absolute Gasteiger partial charge is 0.453 e. The van der Waals surface area contributed by atoms with Gasteiger partial charge in [-0.3, -0.25) is 0 Å². The van der Waals surface area contributed by atoms with Crippen molar-refractivity contribution in [3.05, 3.63) is 57.4 Å². The normalized spacial score (nSPS) is 12.7. The molecule has 0 saturated carbocycles. The molecule has 0 radical (unpaired) electrons. The second-order valence-corrected chi connectivity index (χ2v) is 4.80. The third-order valence-electron chi connectivity index (χ3n) is 2.33. The second kappa shape index (κ2) is 5.04. The molecule has 0 bridgehead atoms. The molecule has 84 valence electrons. The molecule has 0 saturated heterocycles. The van der Waals surface area contributed by atoms with Crippen molar-refractivity contribution in [2.24, 2.45) is 5.73 Å². The first kappa shape index (κ1) is 11.7. The Bertz CT molecular complexity index is 466. The highest BCUT2D eigenvalue weighted by Crippen LogP contribution is 2.22. The summed E-state index contributed by atoms with van der Waals surface area (Å²) in [6.07, 6.45) is 0.733. The van der Waals surface area contributed by atoms with E-state index in [1.54, 1.807) is 0 Å². The predicted octanol–water partition coefficient (Wildman–Crippen LogP) is 3.94. The van der Waals surface area contributed by atoms with Gasteiger partial charge in [-0.15, -0.1) is 0 Å². The van der Waals surface area contributed by atoms with E-state index in [2.05, 4.69) is 15.9 Å². The van der Waals surface area contributed by atoms with E-state index in [0.717, 1.165) is 22.8 Å². The average molecular weight is 301 g/mol. The summed E-state index contributed by atoms with van der Waals surface area (Å²) < 4.78 is 6.11. The molecule has 0 spiro atoms. The molecule has 1 unspecified atom stereocenters. The van der Waals surface area contributed by atoms with E-state index in [-0.39, 0.29) is 6.04 Å². The maximum Gasteiger partial charge on any atom is 0.169 e. The lowest BCUT2D eigenvalue weighted by atomic mass is 10.1. The highest BCUT2D eigenvalue weighted by atomic mass is 79.9. The average Bonchev–Trinajstić information content (AvgIpc) is 2.68. The van der Waals surface area contributed by atoms with Gasteiger partial charge in [0, 0.05) is 5.02 Å². The van der Waals surface area contributed by atoms with Crippen LogP contribution >= 0.6 is 27.5 Å². The molecular weight excluding hydrogens is 289 g/mol. The molecule has 0 amide bonds. The van der Waals surface area contributed by atoms with E-state index in [0.29, 0.717) is 4.67 Å². The fraction of sp³-hybridized carbons (Fsp3) is 0.167. The minimum atomic E-state index is -0.132. The molecule has 1 aromatic heterocycles. The van der Waals surface area contributed by atoms with Crippen molar-refractivity contribution in [3.8, 4) is 0 Å². The molecule has 1 atom stereocenters. The highest BCUT2D eigenvalue weighted by Gasteiger charge is 2.11. The Morgan fingerprint density at radius 1 is 1.19 bits per heavy atom. The van der Waals surface area contributed by atoms with E-state index >= 15 is 0 Å². The number of hydrogen-bond acceptors (Lipinski definition) is 2. The Kier molecular flexibility index (Phi) is 3.69. The van der Waals surface area contributed by atoms with Crippen LogP contribution in [0.2, 0.25) is 5.02 Å². The van der Waals surface area contributed by atoms with Crippen molar-refractivity contribution >= 4 is 27.5 Å². The van der Waals surface area contributed by atoms with E-state index < -0.39 is 0 Å². The second-order valence-electron chi connectivity index (χ2n) is 3.58. The van der Waals surface area contributed by atoms with Crippen LogP contribution in [-0.4, -0.2) is 0 Å². The monoisotopic (exact) mass is 299 g/mol. The smallest absolute Gasteiger partial charge is 0.169 e. The Hall–Kier alpha value is -0.770. The molecule has 2 nitrogen and oxygen atoms in total. The van der Waals surface area contributed by atoms with Crippen LogP contribution in [0.1, 0.15) is 17.4 Å². The zero-order valence-electron chi connectivity index (χ0n) is 8.49. The molecule has 0 aliphatic heterocycles. The number of rotatable bonds is 3. The van der Waals surface area contributed by atoms with E-state index in [4.69, 9.17) is 21.8 Å². The summed E-state index contributed by atoms with van der Waals surface area (Å²) >= 11 is 9.07. The van der Waals surface area contributed by atoms with Crippen LogP contribution in [0.4, 0.5) is 0 Å². The van der Waals surface area contributed by atoms with Gasteiger partial charge in [-0.1, -0.05) is 23.7 Å². The van der Waals surface area contributed by atoms with Crippen molar-refractivity contribution in [1.82, 2.24) is 0 Å². The standard InChI is InChI=1S/C12H11BrClNO/c13-12-6-5-11(16-12)10(15)7-8-1-3-9(14)4-2-8/h1-6,10H,7,15H2. The predicted molar refractivity (Wildman–Crippen MR) is 68.5 cm³/mol. The first-order valence-electron chi connectivity index (χ1n) is 4.90. The molecular formula is C12H11BrClNO. The lowest BCUT2D eigenvalue weighted by molar-refractivity contribution is 0.448. The van der Waals surface area contributed by atoms with E-state index in [1.165, 1.54) is 0 Å². The van der Waals surface area contributed by atoms with Crippen molar-refractivity contribution in [3.63, 3.8) is 0 Å². The zero-order valence-corrected chi connectivity index (χ0v) is 10.8. The molecule has 16 heavy (non-hydrogen) atoms. The fourth-order valence-corrected chi connectivity index (χ4v) is 1.95. The first-order valence-corrected chi connectivity index (χ1v) is 6.07. The fourth-order valence-electron chi connectivity index (χ4n) is 1.50. The van der Waals surface area contributed by atoms with Gasteiger partial charge in [0.1, 0.15) is 5.76 Å². The van der Waals surface area contributed by atoms with Crippen molar-refractivity contribution in [1.29, 1.82) is 0 Å². The minimum absolute atomic E-state index is 0.132. The van der Waals surface area contributed by atoms with Gasteiger partial charge in [-0.25, -0.2) is 0 Å². The molecule has 0 fully saturated rings. The number of nitrogens with two attached hydrogens (primary N) is 1. The molecule has 0 aliphatic rings. The van der Waals surface area contributed by atoms with Gasteiger partial charge in [0.25, 0.3) is 0 Å². The minimum Gasteiger partial charge on any atom is -0.453 e. The summed E-state index contributed by atoms with van der Waals surface area (Å²) in [5.74, 6) is 0.779. The zero-order chi connectivity index (χ0) is 11.5. The third kappa shape index (κ3) is 2.88. The van der Waals surface area contributed by atoms with Crippen LogP contribution < -0.4 is 5.73 Å². The molecule has 2 rings (SSSR count). The first-order chi connectivity index (χ1) is 7.65. The summed E-state index contributed by atoms with van der Waals surface area (Å²) in [4.78, 5) is 0. The van der Waals surface area contributed by atoms with Gasteiger partial charge < -0.3 is 10.2 Å². The number of halogens is 2. The van der Waals surface area contributed by atoms with Crippen LogP contribution in [0.15, 0.2) is 45.5 Å². The van der Waals surface area contributed by atoms with Gasteiger partial charge in [0.15, 0.2) is 4.67 Å². The molecule has 2 N–H and O–H groups in total. The maximum atomic E-state index is 6.03. The Balaban J connectivity index is 2.07. The SMILES string of the molecule is NC(Cc1ccc(Cl)cc1)c1ccc(Br)o1. The maximum absolute atomic E-state index is 6.03. The molecule has 4 heteroatoms. The quantitative estimate of drug-likeness (QED) is 0.932. The topological polar surface area (TPSA) is 39.2 Å². The molecule has 0 aliphatic carbocycles. The van der Waals surface area contributed by atoms with Crippen LogP contribution in [0, 0.1) is 0 Å². The van der Waals surface area contributed by atoms with Gasteiger partial charge in [-0.05, 0) is 52.2 Å². The Morgan fingerprint density at radius 2 is 1.88 bits per heavy atom. The van der Waals surface area contributed by atoms with Crippen LogP contribution in [0.5, 0.6) is 0 Å². The lowest BCUT2D eigenvalue weighted by Crippen LogP contribution is -2.12. The van der Waals surface area contributed by atoms with Crippen molar-refractivity contribution in [2.75, 3.05) is 0 Å². The lowest BCUT2D eigenvalue weighted by Gasteiger charge is -2.08. The van der Waals surface area contributed by atoms with Gasteiger partial charge in [0.2, 0.25) is 0 Å². The highest BCUT2D eigenvalue weighted by molar-refractivity contribution is 9.10. The van der Waals surface area contributed by atoms with Crippen LogP contribution in [0.3, 0.4) is 0 Å². The Morgan fingerprint density at radius 3 is 2.44 bits per heavy atom. The van der Waals surface area contributed by atoms with Gasteiger partial charge in [0.05, 0.1) is 6.04 Å². The summed E-state index contributed by atoms with van der Waals surface area (Å²) in [7, 11) is 0. The summed E-state index contributed by atoms with van der Waals surface area (Å²) in [5, 5.41) is 0.734. The number of benzene rings is 1. The molecule has 2 aromatic rings. The van der Waals surface area contributed by atoms with Crippen molar-refractivity contribution in [2.45, 2.75) is 12.5 Å². The summed E-state index contributed by atoms with van der Waals surface area (Å²) in [6.45, 7) is 0. The van der Waals surface area contributed by atoms with Crippen LogP contribution in [0.25, 0.3) is 0 Å². The van der Waals surface area contributed by atoms with E-state index in [9.17, 15) is 0 Å². The molecule has 1 aromatic carbocycles.